The van der Waals surface area contributed by atoms with E-state index in [1.165, 1.54) is 0 Å². The molecule has 4 amide bonds. The molecule has 1 saturated heterocycles. The van der Waals surface area contributed by atoms with Gasteiger partial charge in [0.2, 0.25) is 11.8 Å². The van der Waals surface area contributed by atoms with Gasteiger partial charge in [0.25, 0.3) is 11.8 Å². The Hall–Kier alpha value is -2.78. The lowest BCUT2D eigenvalue weighted by molar-refractivity contribution is -0.136. The molecular weight excluding hydrogens is 376 g/mol. The zero-order valence-electron chi connectivity index (χ0n) is 16.2. The topological polar surface area (TPSA) is 117 Å². The van der Waals surface area contributed by atoms with Gasteiger partial charge in [-0.15, -0.1) is 0 Å². The zero-order valence-corrected chi connectivity index (χ0v) is 16.2. The van der Waals surface area contributed by atoms with Crippen LogP contribution in [0, 0.1) is 0 Å². The number of piperidine rings is 1. The number of carbonyl (C=O) groups excluding carboxylic acids is 4. The van der Waals surface area contributed by atoms with Crippen molar-refractivity contribution in [1.82, 2.24) is 15.5 Å². The maximum absolute atomic E-state index is 13.0. The molecule has 2 heterocycles. The lowest BCUT2D eigenvalue weighted by atomic mass is 9.88. The number of amides is 4. The molecule has 9 heteroatoms. The van der Waals surface area contributed by atoms with E-state index in [0.717, 1.165) is 24.3 Å². The number of carbonyl (C=O) groups is 4. The van der Waals surface area contributed by atoms with Gasteiger partial charge < -0.3 is 15.4 Å². The van der Waals surface area contributed by atoms with E-state index in [2.05, 4.69) is 16.0 Å². The molecule has 1 unspecified atom stereocenters. The highest BCUT2D eigenvalue weighted by Crippen LogP contribution is 2.35. The summed E-state index contributed by atoms with van der Waals surface area (Å²) in [4.78, 5) is 50.5. The Kier molecular flexibility index (Phi) is 5.33. The molecule has 29 heavy (non-hydrogen) atoms. The Morgan fingerprint density at radius 3 is 2.69 bits per heavy atom. The summed E-state index contributed by atoms with van der Waals surface area (Å²) in [6.07, 6.45) is 2.09. The molecule has 3 aliphatic rings. The predicted octanol–water partition coefficient (Wildman–Crippen LogP) is 0.267. The predicted molar refractivity (Wildman–Crippen MR) is 103 cm³/mol. The number of imide groups is 2. The number of hydrogen-bond acceptors (Lipinski definition) is 7. The van der Waals surface area contributed by atoms with Crippen LogP contribution in [0.25, 0.3) is 0 Å². The van der Waals surface area contributed by atoms with Gasteiger partial charge in [-0.25, -0.2) is 0 Å². The molecule has 4 rings (SSSR count). The van der Waals surface area contributed by atoms with E-state index in [1.807, 2.05) is 7.05 Å². The smallest absolute Gasteiger partial charge is 0.264 e. The third-order valence-electron chi connectivity index (χ3n) is 5.63. The first-order valence-corrected chi connectivity index (χ1v) is 9.87. The molecule has 2 aliphatic heterocycles. The number of fused-ring (bicyclic) bond motifs is 1. The quantitative estimate of drug-likeness (QED) is 0.444. The molecule has 1 aromatic rings. The fraction of sp³-hybridized carbons (Fsp3) is 0.500. The summed E-state index contributed by atoms with van der Waals surface area (Å²) in [6.45, 7) is 1.45. The Bertz CT molecular complexity index is 864. The van der Waals surface area contributed by atoms with Gasteiger partial charge in [-0.2, -0.15) is 0 Å². The van der Waals surface area contributed by atoms with Crippen molar-refractivity contribution < 1.29 is 23.9 Å². The minimum atomic E-state index is -0.957. The van der Waals surface area contributed by atoms with Gasteiger partial charge >= 0.3 is 0 Å². The van der Waals surface area contributed by atoms with Crippen LogP contribution in [0.3, 0.4) is 0 Å². The lowest BCUT2D eigenvalue weighted by Gasteiger charge is -2.36. The third-order valence-corrected chi connectivity index (χ3v) is 5.63. The molecule has 1 aromatic carbocycles. The van der Waals surface area contributed by atoms with Crippen molar-refractivity contribution in [2.45, 2.75) is 43.9 Å². The SMILES string of the molecule is CNCCOC1CC(Nc2cccc3c2C(=O)N(C2CCC(=O)NC2=O)C3=O)C1. The van der Waals surface area contributed by atoms with E-state index in [4.69, 9.17) is 4.74 Å². The van der Waals surface area contributed by atoms with Crippen LogP contribution in [-0.2, 0) is 14.3 Å². The Balaban J connectivity index is 1.46. The molecule has 0 spiro atoms. The molecule has 1 aliphatic carbocycles. The summed E-state index contributed by atoms with van der Waals surface area (Å²) in [6, 6.07) is 4.29. The second kappa shape index (κ2) is 7.92. The normalized spacial score (nSPS) is 26.2. The summed E-state index contributed by atoms with van der Waals surface area (Å²) >= 11 is 0. The number of nitrogens with one attached hydrogen (secondary N) is 3. The first kappa shape index (κ1) is 19.5. The second-order valence-electron chi connectivity index (χ2n) is 7.58. The summed E-state index contributed by atoms with van der Waals surface area (Å²) in [5.74, 6) is -1.98. The zero-order chi connectivity index (χ0) is 20.5. The first-order chi connectivity index (χ1) is 14.0. The van der Waals surface area contributed by atoms with Crippen LogP contribution in [0.1, 0.15) is 46.4 Å². The van der Waals surface area contributed by atoms with Gasteiger partial charge in [0.1, 0.15) is 6.04 Å². The van der Waals surface area contributed by atoms with Crippen LogP contribution >= 0.6 is 0 Å². The molecule has 154 valence electrons. The monoisotopic (exact) mass is 400 g/mol. The lowest BCUT2D eigenvalue weighted by Crippen LogP contribution is -2.54. The van der Waals surface area contributed by atoms with Crippen LogP contribution in [-0.4, -0.2) is 66.9 Å². The standard InChI is InChI=1S/C20H24N4O5/c1-21-7-8-29-12-9-11(10-12)22-14-4-2-3-13-17(14)20(28)24(19(13)27)15-5-6-16(25)23-18(15)26/h2-4,11-12,15,21-22H,5-10H2,1H3,(H,23,25,26). The number of anilines is 1. The largest absolute Gasteiger partial charge is 0.381 e. The van der Waals surface area contributed by atoms with Gasteiger partial charge in [0, 0.05) is 24.7 Å². The van der Waals surface area contributed by atoms with E-state index < -0.39 is 23.8 Å². The van der Waals surface area contributed by atoms with Crippen molar-refractivity contribution in [2.24, 2.45) is 0 Å². The van der Waals surface area contributed by atoms with E-state index in [1.54, 1.807) is 18.2 Å². The number of nitrogens with zero attached hydrogens (tertiary/aromatic N) is 1. The number of ether oxygens (including phenoxy) is 1. The van der Waals surface area contributed by atoms with Crippen molar-refractivity contribution in [2.75, 3.05) is 25.5 Å². The van der Waals surface area contributed by atoms with E-state index >= 15 is 0 Å². The minimum Gasteiger partial charge on any atom is -0.381 e. The Morgan fingerprint density at radius 1 is 1.17 bits per heavy atom. The van der Waals surface area contributed by atoms with Crippen LogP contribution in [0.15, 0.2) is 18.2 Å². The molecule has 0 aromatic heterocycles. The van der Waals surface area contributed by atoms with Crippen LogP contribution in [0.4, 0.5) is 5.69 Å². The van der Waals surface area contributed by atoms with Crippen molar-refractivity contribution >= 4 is 29.3 Å². The van der Waals surface area contributed by atoms with E-state index in [-0.39, 0.29) is 36.5 Å². The average molecular weight is 400 g/mol. The molecule has 0 radical (unpaired) electrons. The number of hydrogen-bond donors (Lipinski definition) is 3. The molecule has 1 atom stereocenters. The molecule has 0 bridgehead atoms. The fourth-order valence-electron chi connectivity index (χ4n) is 4.00. The molecule has 1 saturated carbocycles. The number of likely N-dealkylation sites (N-methyl/N-ethyl adjacent to an activating group) is 1. The van der Waals surface area contributed by atoms with Crippen LogP contribution < -0.4 is 16.0 Å². The van der Waals surface area contributed by atoms with Crippen molar-refractivity contribution in [1.29, 1.82) is 0 Å². The minimum absolute atomic E-state index is 0.103. The van der Waals surface area contributed by atoms with Gasteiger partial charge in [0.05, 0.1) is 23.8 Å². The molecule has 9 nitrogen and oxygen atoms in total. The second-order valence-corrected chi connectivity index (χ2v) is 7.58. The number of rotatable bonds is 7. The van der Waals surface area contributed by atoms with Gasteiger partial charge in [-0.1, -0.05) is 6.07 Å². The molecular formula is C20H24N4O5. The van der Waals surface area contributed by atoms with E-state index in [9.17, 15) is 19.2 Å². The fourth-order valence-corrected chi connectivity index (χ4v) is 4.00. The van der Waals surface area contributed by atoms with Gasteiger partial charge in [-0.05, 0) is 38.4 Å². The Morgan fingerprint density at radius 2 is 1.97 bits per heavy atom. The van der Waals surface area contributed by atoms with Gasteiger partial charge in [0.15, 0.2) is 0 Å². The van der Waals surface area contributed by atoms with Gasteiger partial charge in [-0.3, -0.25) is 29.4 Å². The molecule has 2 fully saturated rings. The average Bonchev–Trinajstić information content (AvgIpc) is 2.91. The maximum atomic E-state index is 13.0. The van der Waals surface area contributed by atoms with Crippen LogP contribution in [0.5, 0.6) is 0 Å². The molecule has 3 N–H and O–H groups in total. The highest BCUT2D eigenvalue weighted by Gasteiger charge is 2.46. The number of benzene rings is 1. The van der Waals surface area contributed by atoms with Crippen molar-refractivity contribution in [3.63, 3.8) is 0 Å². The summed E-state index contributed by atoms with van der Waals surface area (Å²) < 4.78 is 5.73. The first-order valence-electron chi connectivity index (χ1n) is 9.87. The van der Waals surface area contributed by atoms with Crippen molar-refractivity contribution in [3.05, 3.63) is 29.3 Å². The van der Waals surface area contributed by atoms with E-state index in [0.29, 0.717) is 17.9 Å². The highest BCUT2D eigenvalue weighted by atomic mass is 16.5. The van der Waals surface area contributed by atoms with Crippen LogP contribution in [0.2, 0.25) is 0 Å². The third kappa shape index (κ3) is 3.63. The Labute approximate surface area is 168 Å². The maximum Gasteiger partial charge on any atom is 0.264 e. The summed E-state index contributed by atoms with van der Waals surface area (Å²) in [5.41, 5.74) is 1.17. The summed E-state index contributed by atoms with van der Waals surface area (Å²) in [7, 11) is 1.88. The summed E-state index contributed by atoms with van der Waals surface area (Å²) in [5, 5.41) is 8.58. The highest BCUT2D eigenvalue weighted by molar-refractivity contribution is 6.25. The van der Waals surface area contributed by atoms with Crippen molar-refractivity contribution in [3.8, 4) is 0 Å².